The van der Waals surface area contributed by atoms with Crippen LogP contribution in [0.25, 0.3) is 22.1 Å². The van der Waals surface area contributed by atoms with Crippen molar-refractivity contribution >= 4 is 45.3 Å². The first-order valence-electron chi connectivity index (χ1n) is 17.1. The number of imidazole rings is 2. The zero-order valence-corrected chi connectivity index (χ0v) is 29.3. The number of alkyl halides is 4. The molecule has 14 heteroatoms. The Labute approximate surface area is 305 Å². The number of halogens is 6. The maximum Gasteiger partial charge on any atom is 0.387 e. The highest BCUT2D eigenvalue weighted by atomic mass is 35.5. The first kappa shape index (κ1) is 33.5. The van der Waals surface area contributed by atoms with Crippen molar-refractivity contribution in [2.75, 3.05) is 0 Å². The van der Waals surface area contributed by atoms with Crippen molar-refractivity contribution < 1.29 is 27.0 Å². The molecule has 8 nitrogen and oxygen atoms in total. The Morgan fingerprint density at radius 3 is 1.48 bits per heavy atom. The van der Waals surface area contributed by atoms with E-state index < -0.39 is 13.2 Å². The summed E-state index contributed by atoms with van der Waals surface area (Å²) >= 11 is 12.4. The molecule has 10 rings (SSSR count). The number of fused-ring (bicyclic) bond motifs is 18. The highest BCUT2D eigenvalue weighted by Gasteiger charge is 2.43. The van der Waals surface area contributed by atoms with E-state index in [4.69, 9.17) is 42.6 Å². The van der Waals surface area contributed by atoms with E-state index in [0.29, 0.717) is 10.0 Å². The molecule has 2 N–H and O–H groups in total. The fraction of sp³-hybridized carbons (Fsp3) is 0.316. The van der Waals surface area contributed by atoms with E-state index in [-0.39, 0.29) is 47.8 Å². The van der Waals surface area contributed by atoms with Gasteiger partial charge in [0.2, 0.25) is 0 Å². The summed E-state index contributed by atoms with van der Waals surface area (Å²) in [6, 6.07) is 21.7. The third-order valence-electron chi connectivity index (χ3n) is 10.7. The fourth-order valence-electron chi connectivity index (χ4n) is 8.73. The molecule has 0 unspecified atom stereocenters. The average molecular weight is 752 g/mol. The van der Waals surface area contributed by atoms with E-state index in [0.717, 1.165) is 68.8 Å². The molecule has 4 aromatic carbocycles. The van der Waals surface area contributed by atoms with Crippen molar-refractivity contribution in [3.8, 4) is 11.5 Å². The largest absolute Gasteiger partial charge is 0.434 e. The fourth-order valence-corrected chi connectivity index (χ4v) is 9.07. The molecule has 0 amide bonds. The molecule has 4 aliphatic rings. The lowest BCUT2D eigenvalue weighted by atomic mass is 9.95. The third-order valence-corrected chi connectivity index (χ3v) is 11.1. The summed E-state index contributed by atoms with van der Waals surface area (Å²) in [5.74, 6) is 2.29. The first-order chi connectivity index (χ1) is 25.0. The molecule has 52 heavy (non-hydrogen) atoms. The second kappa shape index (κ2) is 12.6. The minimum atomic E-state index is -2.86. The van der Waals surface area contributed by atoms with E-state index in [9.17, 15) is 17.6 Å². The van der Waals surface area contributed by atoms with E-state index in [1.165, 1.54) is 0 Å². The van der Waals surface area contributed by atoms with E-state index in [1.54, 1.807) is 24.3 Å². The van der Waals surface area contributed by atoms with Crippen molar-refractivity contribution in [3.05, 3.63) is 117 Å². The molecule has 268 valence electrons. The van der Waals surface area contributed by atoms with Crippen LogP contribution in [0.1, 0.15) is 96.8 Å². The Hall–Kier alpha value is -4.36. The second-order valence-corrected chi connectivity index (χ2v) is 14.5. The number of nitrogens with one attached hydrogen (secondary N) is 2. The topological polar surface area (TPSA) is 78.2 Å². The highest BCUT2D eigenvalue weighted by Crippen LogP contribution is 2.51. The van der Waals surface area contributed by atoms with Crippen LogP contribution in [0, 0.1) is 0 Å². The Kier molecular flexibility index (Phi) is 8.14. The number of rotatable bonds is 4. The molecule has 6 aromatic rings. The van der Waals surface area contributed by atoms with Gasteiger partial charge in [0.15, 0.2) is 0 Å². The normalized spacial score (nSPS) is 23.8. The van der Waals surface area contributed by atoms with Crippen LogP contribution in [0.15, 0.2) is 72.8 Å². The van der Waals surface area contributed by atoms with Gasteiger partial charge in [0, 0.05) is 33.3 Å². The lowest BCUT2D eigenvalue weighted by molar-refractivity contribution is -0.0514. The van der Waals surface area contributed by atoms with Crippen molar-refractivity contribution in [2.45, 2.75) is 76.2 Å². The molecule has 2 aromatic heterocycles. The summed E-state index contributed by atoms with van der Waals surface area (Å²) < 4.78 is 66.0. The van der Waals surface area contributed by atoms with Crippen molar-refractivity contribution in [1.29, 1.82) is 0 Å². The minimum absolute atomic E-state index is 0.0124. The Morgan fingerprint density at radius 2 is 1.08 bits per heavy atom. The van der Waals surface area contributed by atoms with E-state index >= 15 is 0 Å². The lowest BCUT2D eigenvalue weighted by Crippen LogP contribution is -2.24. The maximum atomic E-state index is 13.0. The predicted octanol–water partition coefficient (Wildman–Crippen LogP) is 9.98. The van der Waals surface area contributed by atoms with Gasteiger partial charge >= 0.3 is 13.2 Å². The standard InChI is InChI=1S/2C19H16ClF2N3O/c2*1-9-11-3-2-4-16(26-19(21)22)17(11)15-8-13(23-9)18-24-12-6-5-10(20)7-14(12)25(15)18/h2*2-7,9,13,15,19,23H,8H2,1H3/t9-,13+,15+;9-,13-,15-/m01/s1. The van der Waals surface area contributed by atoms with Gasteiger partial charge in [-0.3, -0.25) is 0 Å². The van der Waals surface area contributed by atoms with Crippen molar-refractivity contribution in [1.82, 2.24) is 29.7 Å². The maximum absolute atomic E-state index is 13.0. The first-order valence-corrected chi connectivity index (χ1v) is 17.8. The molecule has 4 aliphatic heterocycles. The third kappa shape index (κ3) is 5.41. The Morgan fingerprint density at radius 1 is 0.654 bits per heavy atom. The van der Waals surface area contributed by atoms with Gasteiger partial charge in [0.25, 0.3) is 0 Å². The molecule has 6 heterocycles. The summed E-state index contributed by atoms with van der Waals surface area (Å²) in [7, 11) is 0. The number of benzene rings is 4. The smallest absolute Gasteiger partial charge is 0.387 e. The Balaban J connectivity index is 0.000000138. The van der Waals surface area contributed by atoms with Crippen molar-refractivity contribution in [3.63, 3.8) is 0 Å². The number of aromatic nitrogens is 4. The number of nitrogens with zero attached hydrogens (tertiary/aromatic N) is 4. The van der Waals surface area contributed by atoms with Crippen LogP contribution >= 0.6 is 23.2 Å². The molecule has 0 aliphatic carbocycles. The molecule has 0 fully saturated rings. The van der Waals surface area contributed by atoms with Gasteiger partial charge in [0.1, 0.15) is 23.1 Å². The van der Waals surface area contributed by atoms with Gasteiger partial charge in [-0.1, -0.05) is 47.5 Å². The van der Waals surface area contributed by atoms with E-state index in [2.05, 4.69) is 19.8 Å². The number of hydrogen-bond acceptors (Lipinski definition) is 6. The molecule has 0 radical (unpaired) electrons. The quantitative estimate of drug-likeness (QED) is 0.175. The molecule has 0 spiro atoms. The Bertz CT molecular complexity index is 2200. The molecule has 0 saturated carbocycles. The number of ether oxygens (including phenoxy) is 2. The van der Waals surface area contributed by atoms with Crippen LogP contribution in [0.3, 0.4) is 0 Å². The second-order valence-electron chi connectivity index (χ2n) is 13.6. The molecule has 4 bridgehead atoms. The molecular formula is C38H32Cl2F4N6O2. The predicted molar refractivity (Wildman–Crippen MR) is 190 cm³/mol. The van der Waals surface area contributed by atoms with Gasteiger partial charge in [-0.2, -0.15) is 17.6 Å². The van der Waals surface area contributed by atoms with Gasteiger partial charge < -0.3 is 29.2 Å². The average Bonchev–Trinajstić information content (AvgIpc) is 3.79. The van der Waals surface area contributed by atoms with Crippen LogP contribution < -0.4 is 20.1 Å². The van der Waals surface area contributed by atoms with Crippen molar-refractivity contribution in [2.24, 2.45) is 0 Å². The van der Waals surface area contributed by atoms with Crippen LogP contribution in [-0.2, 0) is 0 Å². The SMILES string of the molecule is C[C@@H]1N[C@@H]2C[C@H](c3c(OC(F)F)cccc31)n1c2nc2ccc(Cl)cc21.C[C@H]1N[C@@H]2C[C@H](c3c(OC(F)F)cccc31)n1c2nc2ccc(Cl)cc21. The summed E-state index contributed by atoms with van der Waals surface area (Å²) in [4.78, 5) is 9.54. The number of hydrogen-bond donors (Lipinski definition) is 2. The van der Waals surface area contributed by atoms with Crippen LogP contribution in [0.4, 0.5) is 17.6 Å². The van der Waals surface area contributed by atoms with Crippen LogP contribution in [-0.4, -0.2) is 32.3 Å². The highest BCUT2D eigenvalue weighted by molar-refractivity contribution is 6.31. The zero-order valence-electron chi connectivity index (χ0n) is 27.8. The van der Waals surface area contributed by atoms with Crippen LogP contribution in [0.2, 0.25) is 10.0 Å². The zero-order chi connectivity index (χ0) is 36.0. The van der Waals surface area contributed by atoms with Gasteiger partial charge in [-0.15, -0.1) is 0 Å². The van der Waals surface area contributed by atoms with E-state index in [1.807, 2.05) is 62.4 Å². The molecular weight excluding hydrogens is 719 g/mol. The lowest BCUT2D eigenvalue weighted by Gasteiger charge is -2.24. The summed E-state index contributed by atoms with van der Waals surface area (Å²) in [6.07, 6.45) is 1.48. The summed E-state index contributed by atoms with van der Waals surface area (Å²) in [5, 5.41) is 8.41. The van der Waals surface area contributed by atoms with Gasteiger partial charge in [0.05, 0.1) is 46.2 Å². The molecule has 0 saturated heterocycles. The summed E-state index contributed by atoms with van der Waals surface area (Å²) in [5.41, 5.74) is 7.08. The monoisotopic (exact) mass is 750 g/mol. The summed E-state index contributed by atoms with van der Waals surface area (Å²) in [6.45, 7) is -1.65. The van der Waals surface area contributed by atoms with Gasteiger partial charge in [-0.05, 0) is 86.3 Å². The molecule has 6 atom stereocenters. The minimum Gasteiger partial charge on any atom is -0.434 e. The van der Waals surface area contributed by atoms with Gasteiger partial charge in [-0.25, -0.2) is 9.97 Å². The van der Waals surface area contributed by atoms with Crippen LogP contribution in [0.5, 0.6) is 11.5 Å².